The van der Waals surface area contributed by atoms with Gasteiger partial charge < -0.3 is 5.11 Å². The summed E-state index contributed by atoms with van der Waals surface area (Å²) in [4.78, 5) is 10.7. The minimum absolute atomic E-state index is 0.291. The third-order valence-electron chi connectivity index (χ3n) is 4.44. The van der Waals surface area contributed by atoms with Crippen LogP contribution in [0.5, 0.6) is 0 Å². The number of aryl methyl sites for hydroxylation is 1. The summed E-state index contributed by atoms with van der Waals surface area (Å²) in [5, 5.41) is 11.5. The molecule has 0 saturated heterocycles. The molecule has 1 aliphatic carbocycles. The predicted octanol–water partition coefficient (Wildman–Crippen LogP) is 4.51. The summed E-state index contributed by atoms with van der Waals surface area (Å²) < 4.78 is 0. The first kappa shape index (κ1) is 13.2. The van der Waals surface area contributed by atoms with E-state index in [1.807, 2.05) is 0 Å². The van der Waals surface area contributed by atoms with Crippen molar-refractivity contribution in [3.8, 4) is 0 Å². The minimum atomic E-state index is -0.681. The molecule has 1 N–H and O–H groups in total. The Bertz CT molecular complexity index is 630. The molecule has 0 aromatic heterocycles. The molecule has 2 aromatic rings. The van der Waals surface area contributed by atoms with Gasteiger partial charge in [-0.3, -0.25) is 4.79 Å². The second-order valence-corrected chi connectivity index (χ2v) is 5.73. The molecule has 104 valence electrons. The van der Waals surface area contributed by atoms with Crippen LogP contribution in [0.1, 0.15) is 49.1 Å². The van der Waals surface area contributed by atoms with E-state index in [-0.39, 0.29) is 0 Å². The van der Waals surface area contributed by atoms with Crippen LogP contribution in [0, 0.1) is 0 Å². The summed E-state index contributed by atoms with van der Waals surface area (Å²) in [6.45, 7) is 0. The zero-order valence-corrected chi connectivity index (χ0v) is 11.6. The van der Waals surface area contributed by atoms with Gasteiger partial charge in [0.05, 0.1) is 0 Å². The Kier molecular flexibility index (Phi) is 3.72. The number of fused-ring (bicyclic) bond motifs is 3. The third-order valence-corrected chi connectivity index (χ3v) is 4.44. The molecular weight excluding hydrogens is 248 g/mol. The molecule has 0 radical (unpaired) electrons. The van der Waals surface area contributed by atoms with E-state index in [1.54, 1.807) is 0 Å². The highest BCUT2D eigenvalue weighted by Gasteiger charge is 2.21. The number of carboxylic acids is 1. The second-order valence-electron chi connectivity index (χ2n) is 5.73. The quantitative estimate of drug-likeness (QED) is 0.885. The Balaban J connectivity index is 1.89. The highest BCUT2D eigenvalue weighted by Crippen LogP contribution is 2.38. The molecule has 0 fully saturated rings. The zero-order chi connectivity index (χ0) is 13.9. The van der Waals surface area contributed by atoms with E-state index in [4.69, 9.17) is 5.11 Å². The van der Waals surface area contributed by atoms with Crippen LogP contribution >= 0.6 is 0 Å². The highest BCUT2D eigenvalue weighted by atomic mass is 16.4. The topological polar surface area (TPSA) is 37.3 Å². The largest absolute Gasteiger partial charge is 0.481 e. The van der Waals surface area contributed by atoms with Crippen LogP contribution in [-0.4, -0.2) is 11.1 Å². The van der Waals surface area contributed by atoms with Crippen molar-refractivity contribution in [2.45, 2.75) is 44.4 Å². The molecular formula is C18H20O2. The van der Waals surface area contributed by atoms with Crippen molar-refractivity contribution in [3.05, 3.63) is 47.5 Å². The maximum absolute atomic E-state index is 10.7. The summed E-state index contributed by atoms with van der Waals surface area (Å²) in [7, 11) is 0. The molecule has 1 aliphatic rings. The van der Waals surface area contributed by atoms with Gasteiger partial charge in [0.25, 0.3) is 0 Å². The van der Waals surface area contributed by atoms with Gasteiger partial charge >= 0.3 is 5.97 Å². The highest BCUT2D eigenvalue weighted by molar-refractivity contribution is 5.87. The monoisotopic (exact) mass is 268 g/mol. The SMILES string of the molecule is O=C(O)CCC[C@H]1CCCc2c1ccc1ccccc21. The molecule has 0 saturated carbocycles. The van der Waals surface area contributed by atoms with Crippen LogP contribution in [0.2, 0.25) is 0 Å². The van der Waals surface area contributed by atoms with Gasteiger partial charge in [0.15, 0.2) is 0 Å². The lowest BCUT2D eigenvalue weighted by Gasteiger charge is -2.26. The van der Waals surface area contributed by atoms with Gasteiger partial charge in [-0.2, -0.15) is 0 Å². The Labute approximate surface area is 119 Å². The number of carboxylic acid groups (broad SMARTS) is 1. The van der Waals surface area contributed by atoms with Gasteiger partial charge in [-0.15, -0.1) is 0 Å². The Morgan fingerprint density at radius 2 is 2.05 bits per heavy atom. The van der Waals surface area contributed by atoms with Crippen molar-refractivity contribution in [3.63, 3.8) is 0 Å². The molecule has 2 heteroatoms. The van der Waals surface area contributed by atoms with E-state index in [0.29, 0.717) is 12.3 Å². The van der Waals surface area contributed by atoms with Gasteiger partial charge in [-0.05, 0) is 59.9 Å². The standard InChI is InChI=1S/C18H20O2/c19-18(20)10-4-7-13-6-3-9-17-15-8-2-1-5-14(15)11-12-16(13)17/h1-2,5,8,11-13H,3-4,6-7,9-10H2,(H,19,20)/t13-/m1/s1. The molecule has 0 bridgehead atoms. The number of carbonyl (C=O) groups is 1. The van der Waals surface area contributed by atoms with E-state index in [1.165, 1.54) is 34.7 Å². The number of aliphatic carboxylic acids is 1. The normalized spacial score (nSPS) is 17.9. The van der Waals surface area contributed by atoms with Gasteiger partial charge in [-0.25, -0.2) is 0 Å². The molecule has 0 heterocycles. The molecule has 20 heavy (non-hydrogen) atoms. The second kappa shape index (κ2) is 5.66. The average Bonchev–Trinajstić information content (AvgIpc) is 2.47. The molecule has 2 nitrogen and oxygen atoms in total. The molecule has 0 amide bonds. The number of hydrogen-bond acceptors (Lipinski definition) is 1. The summed E-state index contributed by atoms with van der Waals surface area (Å²) in [6, 6.07) is 13.1. The molecule has 0 unspecified atom stereocenters. The van der Waals surface area contributed by atoms with Crippen LogP contribution in [0.15, 0.2) is 36.4 Å². The number of rotatable bonds is 4. The maximum atomic E-state index is 10.7. The van der Waals surface area contributed by atoms with Crippen molar-refractivity contribution in [2.24, 2.45) is 0 Å². The zero-order valence-electron chi connectivity index (χ0n) is 11.6. The van der Waals surface area contributed by atoms with Crippen molar-refractivity contribution in [2.75, 3.05) is 0 Å². The van der Waals surface area contributed by atoms with Gasteiger partial charge in [0.1, 0.15) is 0 Å². The van der Waals surface area contributed by atoms with Crippen molar-refractivity contribution in [1.82, 2.24) is 0 Å². The maximum Gasteiger partial charge on any atom is 0.303 e. The summed E-state index contributed by atoms with van der Waals surface area (Å²) in [5.74, 6) is -0.137. The molecule has 0 aliphatic heterocycles. The van der Waals surface area contributed by atoms with Crippen molar-refractivity contribution >= 4 is 16.7 Å². The fourth-order valence-corrected chi connectivity index (χ4v) is 3.49. The summed E-state index contributed by atoms with van der Waals surface area (Å²) in [6.07, 6.45) is 5.65. The minimum Gasteiger partial charge on any atom is -0.481 e. The first-order valence-electron chi connectivity index (χ1n) is 7.48. The molecule has 1 atom stereocenters. The smallest absolute Gasteiger partial charge is 0.303 e. The lowest BCUT2D eigenvalue weighted by atomic mass is 9.78. The Hall–Kier alpha value is -1.83. The van der Waals surface area contributed by atoms with Crippen LogP contribution < -0.4 is 0 Å². The third kappa shape index (κ3) is 2.55. The molecule has 3 rings (SSSR count). The van der Waals surface area contributed by atoms with Crippen LogP contribution in [0.4, 0.5) is 0 Å². The predicted molar refractivity (Wildman–Crippen MR) is 81.1 cm³/mol. The van der Waals surface area contributed by atoms with Crippen molar-refractivity contribution in [1.29, 1.82) is 0 Å². The van der Waals surface area contributed by atoms with Crippen LogP contribution in [0.25, 0.3) is 10.8 Å². The van der Waals surface area contributed by atoms with E-state index in [0.717, 1.165) is 19.3 Å². The summed E-state index contributed by atoms with van der Waals surface area (Å²) >= 11 is 0. The van der Waals surface area contributed by atoms with Crippen LogP contribution in [0.3, 0.4) is 0 Å². The van der Waals surface area contributed by atoms with E-state index in [9.17, 15) is 4.79 Å². The first-order valence-corrected chi connectivity index (χ1v) is 7.48. The van der Waals surface area contributed by atoms with E-state index >= 15 is 0 Å². The van der Waals surface area contributed by atoms with Gasteiger partial charge in [0, 0.05) is 6.42 Å². The fourth-order valence-electron chi connectivity index (χ4n) is 3.49. The van der Waals surface area contributed by atoms with Crippen molar-refractivity contribution < 1.29 is 9.90 Å². The fraction of sp³-hybridized carbons (Fsp3) is 0.389. The Morgan fingerprint density at radius 1 is 1.20 bits per heavy atom. The van der Waals surface area contributed by atoms with Gasteiger partial charge in [-0.1, -0.05) is 36.4 Å². The number of benzene rings is 2. The lowest BCUT2D eigenvalue weighted by molar-refractivity contribution is -0.137. The van der Waals surface area contributed by atoms with Crippen LogP contribution in [-0.2, 0) is 11.2 Å². The van der Waals surface area contributed by atoms with Gasteiger partial charge in [0.2, 0.25) is 0 Å². The molecule has 2 aromatic carbocycles. The first-order chi connectivity index (χ1) is 9.75. The molecule has 0 spiro atoms. The summed E-state index contributed by atoms with van der Waals surface area (Å²) in [5.41, 5.74) is 2.95. The average molecular weight is 268 g/mol. The number of hydrogen-bond donors (Lipinski definition) is 1. The van der Waals surface area contributed by atoms with E-state index < -0.39 is 5.97 Å². The Morgan fingerprint density at radius 3 is 2.90 bits per heavy atom. The lowest BCUT2D eigenvalue weighted by Crippen LogP contribution is -2.11. The van der Waals surface area contributed by atoms with E-state index in [2.05, 4.69) is 36.4 Å².